The van der Waals surface area contributed by atoms with Crippen molar-refractivity contribution in [2.24, 2.45) is 0 Å². The van der Waals surface area contributed by atoms with Gasteiger partial charge in [0, 0.05) is 36.3 Å². The first-order valence-corrected chi connectivity index (χ1v) is 14.3. The zero-order valence-corrected chi connectivity index (χ0v) is 21.0. The Morgan fingerprint density at radius 2 is 0.939 bits per heavy atom. The molecule has 0 aromatic heterocycles. The summed E-state index contributed by atoms with van der Waals surface area (Å²) in [5.74, 6) is 1.53. The maximum Gasteiger partial charge on any atom is 0.135 e. The molecule has 0 bridgehead atoms. The van der Waals surface area contributed by atoms with Crippen LogP contribution in [-0.4, -0.2) is 24.6 Å². The Labute approximate surface area is 199 Å². The van der Waals surface area contributed by atoms with E-state index in [1.165, 1.54) is 0 Å². The zero-order valence-electron chi connectivity index (χ0n) is 19.2. The summed E-state index contributed by atoms with van der Waals surface area (Å²) in [6.07, 6.45) is 4.77. The normalized spacial score (nSPS) is 10.3. The van der Waals surface area contributed by atoms with Gasteiger partial charge in [-0.2, -0.15) is 21.0 Å². The van der Waals surface area contributed by atoms with Crippen LogP contribution in [0.15, 0.2) is 36.4 Å². The van der Waals surface area contributed by atoms with Crippen LogP contribution >= 0.6 is 15.8 Å². The van der Waals surface area contributed by atoms with Crippen molar-refractivity contribution in [3.8, 4) is 35.8 Å². The van der Waals surface area contributed by atoms with E-state index in [0.29, 0.717) is 25.7 Å². The highest BCUT2D eigenvalue weighted by atomic mass is 31.1. The van der Waals surface area contributed by atoms with Gasteiger partial charge in [0.2, 0.25) is 0 Å². The molecule has 2 aromatic carbocycles. The lowest BCUT2D eigenvalue weighted by Gasteiger charge is -2.23. The molecule has 0 spiro atoms. The first-order valence-electron chi connectivity index (χ1n) is 10.9. The second kappa shape index (κ2) is 14.3. The highest BCUT2D eigenvalue weighted by molar-refractivity contribution is 7.66. The highest BCUT2D eigenvalue weighted by Gasteiger charge is 2.20. The Hall–Kier alpha value is -2.94. The molecule has 2 aromatic rings. The molecule has 0 fully saturated rings. The Balaban J connectivity index is 2.48. The van der Waals surface area contributed by atoms with E-state index in [-0.39, 0.29) is 0 Å². The highest BCUT2D eigenvalue weighted by Crippen LogP contribution is 2.43. The number of rotatable bonds is 12. The molecule has 0 aliphatic rings. The molecule has 33 heavy (non-hydrogen) atoms. The summed E-state index contributed by atoms with van der Waals surface area (Å²) in [4.78, 5) is 0. The molecule has 7 heteroatoms. The minimum atomic E-state index is -0.701. The molecule has 0 amide bonds. The molecule has 2 rings (SSSR count). The van der Waals surface area contributed by atoms with Gasteiger partial charge in [-0.15, -0.1) is 0 Å². The third-order valence-corrected chi connectivity index (χ3v) is 10.2. The van der Waals surface area contributed by atoms with Crippen molar-refractivity contribution in [2.75, 3.05) is 24.6 Å². The van der Waals surface area contributed by atoms with E-state index in [4.69, 9.17) is 25.8 Å². The number of hydrogen-bond donors (Lipinski definition) is 0. The van der Waals surface area contributed by atoms with Crippen LogP contribution in [0.25, 0.3) is 0 Å². The van der Waals surface area contributed by atoms with Gasteiger partial charge in [-0.05, 0) is 62.8 Å². The fraction of sp³-hybridized carbons (Fsp3) is 0.385. The molecule has 5 nitrogen and oxygen atoms in total. The van der Waals surface area contributed by atoms with Crippen LogP contribution in [0.3, 0.4) is 0 Å². The Morgan fingerprint density at radius 3 is 1.24 bits per heavy atom. The predicted octanol–water partition coefficient (Wildman–Crippen LogP) is 5.96. The summed E-state index contributed by atoms with van der Waals surface area (Å²) in [6, 6.07) is 21.2. The molecule has 0 radical (unpaired) electrons. The molecule has 0 saturated carbocycles. The van der Waals surface area contributed by atoms with Gasteiger partial charge in [-0.3, -0.25) is 0 Å². The number of hydrogen-bond acceptors (Lipinski definition) is 5. The van der Waals surface area contributed by atoms with Crippen molar-refractivity contribution >= 4 is 26.5 Å². The van der Waals surface area contributed by atoms with Gasteiger partial charge < -0.3 is 4.74 Å². The lowest BCUT2D eigenvalue weighted by molar-refractivity contribution is 0.490. The van der Waals surface area contributed by atoms with Gasteiger partial charge >= 0.3 is 0 Å². The maximum atomic E-state index is 9.13. The van der Waals surface area contributed by atoms with Gasteiger partial charge in [0.1, 0.15) is 11.5 Å². The van der Waals surface area contributed by atoms with E-state index in [1.807, 2.05) is 38.1 Å². The minimum absolute atomic E-state index is 0.452. The third-order valence-electron chi connectivity index (χ3n) is 5.10. The second-order valence-corrected chi connectivity index (χ2v) is 12.6. The summed E-state index contributed by atoms with van der Waals surface area (Å²) >= 11 is 0. The summed E-state index contributed by atoms with van der Waals surface area (Å²) < 4.78 is 6.53. The summed E-state index contributed by atoms with van der Waals surface area (Å²) in [7, 11) is -1.40. The van der Waals surface area contributed by atoms with Crippen molar-refractivity contribution in [1.82, 2.24) is 0 Å². The maximum absolute atomic E-state index is 9.13. The average molecular weight is 474 g/mol. The van der Waals surface area contributed by atoms with Crippen molar-refractivity contribution in [2.45, 2.75) is 39.5 Å². The molecule has 168 valence electrons. The minimum Gasteiger partial charge on any atom is -0.456 e. The monoisotopic (exact) mass is 474 g/mol. The molecule has 0 aliphatic carbocycles. The Morgan fingerprint density at radius 1 is 0.606 bits per heavy atom. The zero-order chi connectivity index (χ0) is 24.1. The fourth-order valence-electron chi connectivity index (χ4n) is 3.49. The van der Waals surface area contributed by atoms with Gasteiger partial charge in [0.05, 0.1) is 24.3 Å². The van der Waals surface area contributed by atoms with Gasteiger partial charge in [-0.25, -0.2) is 0 Å². The van der Waals surface area contributed by atoms with Crippen molar-refractivity contribution in [1.29, 1.82) is 21.0 Å². The van der Waals surface area contributed by atoms with Crippen LogP contribution in [-0.2, 0) is 0 Å². The van der Waals surface area contributed by atoms with Crippen molar-refractivity contribution < 1.29 is 4.74 Å². The van der Waals surface area contributed by atoms with Gasteiger partial charge in [-0.1, -0.05) is 39.1 Å². The third kappa shape index (κ3) is 8.16. The first-order chi connectivity index (χ1) is 16.0. The second-order valence-electron chi connectivity index (χ2n) is 7.65. The van der Waals surface area contributed by atoms with E-state index in [0.717, 1.165) is 57.9 Å². The van der Waals surface area contributed by atoms with Crippen LogP contribution in [0.1, 0.15) is 36.8 Å². The molecule has 0 aliphatic heterocycles. The molecule has 0 heterocycles. The van der Waals surface area contributed by atoms with E-state index in [9.17, 15) is 0 Å². The fourth-order valence-corrected chi connectivity index (χ4v) is 8.01. The average Bonchev–Trinajstić information content (AvgIpc) is 2.81. The van der Waals surface area contributed by atoms with E-state index >= 15 is 0 Å². The number of benzene rings is 2. The smallest absolute Gasteiger partial charge is 0.135 e. The first kappa shape index (κ1) is 26.3. The quantitative estimate of drug-likeness (QED) is 0.353. The molecular formula is C26H28N4OP2. The molecule has 0 unspecified atom stereocenters. The topological polar surface area (TPSA) is 104 Å². The van der Waals surface area contributed by atoms with E-state index in [2.05, 4.69) is 36.4 Å². The van der Waals surface area contributed by atoms with Gasteiger partial charge in [0.25, 0.3) is 0 Å². The number of nitriles is 4. The largest absolute Gasteiger partial charge is 0.456 e. The Bertz CT molecular complexity index is 982. The molecule has 0 saturated heterocycles. The van der Waals surface area contributed by atoms with Crippen LogP contribution < -0.4 is 15.3 Å². The van der Waals surface area contributed by atoms with Crippen LogP contribution in [0, 0.1) is 59.2 Å². The van der Waals surface area contributed by atoms with E-state index < -0.39 is 15.8 Å². The van der Waals surface area contributed by atoms with Crippen LogP contribution in [0.2, 0.25) is 0 Å². The van der Waals surface area contributed by atoms with Crippen LogP contribution in [0.5, 0.6) is 11.5 Å². The van der Waals surface area contributed by atoms with Crippen LogP contribution in [0.4, 0.5) is 0 Å². The summed E-state index contributed by atoms with van der Waals surface area (Å²) in [5.41, 5.74) is 2.24. The lowest BCUT2D eigenvalue weighted by atomic mass is 10.2. The summed E-state index contributed by atoms with van der Waals surface area (Å²) in [5, 5.41) is 38.7. The SMILES string of the molecule is Cc1ccc(Oc2ccc(C)cc2P(CCC#N)CCC#N)c(P(CCC#N)CCC#N)c1. The standard InChI is InChI=1S/C26H28N4OP2/c1-21-7-9-23(25(19-21)32(15-3-11-27)16-4-12-28)31-24-10-8-22(2)20-26(24)33(17-5-13-29)18-6-14-30/h7-10,19-20H,3-6,15-18H2,1-2H3. The lowest BCUT2D eigenvalue weighted by Crippen LogP contribution is -2.14. The Kier molecular flexibility index (Phi) is 11.4. The van der Waals surface area contributed by atoms with Crippen molar-refractivity contribution in [3.63, 3.8) is 0 Å². The molecular weight excluding hydrogens is 446 g/mol. The molecule has 0 N–H and O–H groups in total. The van der Waals surface area contributed by atoms with Crippen molar-refractivity contribution in [3.05, 3.63) is 47.5 Å². The number of ether oxygens (including phenoxy) is 1. The van der Waals surface area contributed by atoms with Gasteiger partial charge in [0.15, 0.2) is 0 Å². The number of nitrogens with zero attached hydrogens (tertiary/aromatic N) is 4. The summed E-state index contributed by atoms with van der Waals surface area (Å²) in [6.45, 7) is 4.07. The predicted molar refractivity (Wildman–Crippen MR) is 136 cm³/mol. The number of aryl methyl sites for hydroxylation is 2. The molecule has 0 atom stereocenters. The van der Waals surface area contributed by atoms with E-state index in [1.54, 1.807) is 0 Å².